The van der Waals surface area contributed by atoms with E-state index in [1.54, 1.807) is 12.4 Å². The molecule has 4 heteroatoms. The maximum absolute atomic E-state index is 6.03. The molecule has 0 N–H and O–H groups in total. The summed E-state index contributed by atoms with van der Waals surface area (Å²) < 4.78 is 18.1. The van der Waals surface area contributed by atoms with Gasteiger partial charge < -0.3 is 14.2 Å². The summed E-state index contributed by atoms with van der Waals surface area (Å²) in [6.45, 7) is 2.25. The zero-order chi connectivity index (χ0) is 13.5. The van der Waals surface area contributed by atoms with E-state index in [1.807, 2.05) is 12.1 Å². The van der Waals surface area contributed by atoms with Crippen molar-refractivity contribution in [2.75, 3.05) is 19.8 Å². The van der Waals surface area contributed by atoms with E-state index >= 15 is 0 Å². The van der Waals surface area contributed by atoms with Crippen LogP contribution in [0.15, 0.2) is 24.5 Å². The number of fused-ring (bicyclic) bond motifs is 3. The van der Waals surface area contributed by atoms with Crippen molar-refractivity contribution < 1.29 is 14.2 Å². The standard InChI is InChI=1S/C16H21NO3/c1-2-4-13(5-3-1)15-10-18-16(19-11-15,20-12-15)14-6-8-17-9-7-14/h6-9,13H,1-5,10-12H2. The molecule has 0 atom stereocenters. The lowest BCUT2D eigenvalue weighted by Crippen LogP contribution is -2.61. The number of ether oxygens (including phenoxy) is 3. The molecule has 4 heterocycles. The van der Waals surface area contributed by atoms with Gasteiger partial charge in [-0.25, -0.2) is 0 Å². The van der Waals surface area contributed by atoms with Crippen molar-refractivity contribution in [2.24, 2.45) is 11.3 Å². The molecule has 1 aliphatic carbocycles. The molecule has 4 aliphatic rings. The highest BCUT2D eigenvalue weighted by Crippen LogP contribution is 2.50. The Morgan fingerprint density at radius 3 is 2.10 bits per heavy atom. The smallest absolute Gasteiger partial charge is 0.312 e. The SMILES string of the molecule is c1cc(C23OCC(C4CCCCC4)(CO2)CO3)ccn1. The Morgan fingerprint density at radius 2 is 1.50 bits per heavy atom. The van der Waals surface area contributed by atoms with Gasteiger partial charge in [-0.15, -0.1) is 0 Å². The zero-order valence-corrected chi connectivity index (χ0v) is 11.7. The molecule has 3 aliphatic heterocycles. The first-order chi connectivity index (χ1) is 9.83. The lowest BCUT2D eigenvalue weighted by molar-refractivity contribution is -0.486. The highest BCUT2D eigenvalue weighted by Gasteiger charge is 2.56. The minimum Gasteiger partial charge on any atom is -0.323 e. The predicted molar refractivity (Wildman–Crippen MR) is 72.8 cm³/mol. The number of nitrogens with zero attached hydrogens (tertiary/aromatic N) is 1. The molecule has 2 bridgehead atoms. The number of hydrogen-bond acceptors (Lipinski definition) is 4. The molecular weight excluding hydrogens is 254 g/mol. The summed E-state index contributed by atoms with van der Waals surface area (Å²) in [5.74, 6) is -0.300. The third kappa shape index (κ3) is 1.90. The van der Waals surface area contributed by atoms with Gasteiger partial charge in [0.05, 0.1) is 19.8 Å². The first-order valence-electron chi connectivity index (χ1n) is 7.65. The summed E-state index contributed by atoms with van der Waals surface area (Å²) in [4.78, 5) is 4.04. The van der Waals surface area contributed by atoms with Crippen LogP contribution >= 0.6 is 0 Å². The van der Waals surface area contributed by atoms with Crippen LogP contribution in [0.1, 0.15) is 37.7 Å². The summed E-state index contributed by atoms with van der Waals surface area (Å²) in [6.07, 6.45) is 10.1. The van der Waals surface area contributed by atoms with Gasteiger partial charge in [-0.1, -0.05) is 19.3 Å². The van der Waals surface area contributed by atoms with E-state index in [0.717, 1.165) is 25.4 Å². The van der Waals surface area contributed by atoms with Gasteiger partial charge in [0.2, 0.25) is 0 Å². The first-order valence-corrected chi connectivity index (χ1v) is 7.65. The summed E-state index contributed by atoms with van der Waals surface area (Å²) in [5, 5.41) is 0. The maximum Gasteiger partial charge on any atom is 0.312 e. The number of hydrogen-bond donors (Lipinski definition) is 0. The Balaban J connectivity index is 1.54. The van der Waals surface area contributed by atoms with Gasteiger partial charge in [0, 0.05) is 23.4 Å². The van der Waals surface area contributed by atoms with Gasteiger partial charge in [-0.3, -0.25) is 4.98 Å². The van der Waals surface area contributed by atoms with Crippen LogP contribution in [0.25, 0.3) is 0 Å². The fraction of sp³-hybridized carbons (Fsp3) is 0.688. The third-order valence-electron chi connectivity index (χ3n) is 5.15. The Bertz CT molecular complexity index is 445. The van der Waals surface area contributed by atoms with Crippen LogP contribution in [0, 0.1) is 11.3 Å². The topological polar surface area (TPSA) is 40.6 Å². The highest BCUT2D eigenvalue weighted by atomic mass is 16.9. The predicted octanol–water partition coefficient (Wildman–Crippen LogP) is 2.84. The molecule has 4 nitrogen and oxygen atoms in total. The van der Waals surface area contributed by atoms with Crippen LogP contribution in [0.4, 0.5) is 0 Å². The number of rotatable bonds is 2. The van der Waals surface area contributed by atoms with Gasteiger partial charge in [-0.05, 0) is 30.9 Å². The van der Waals surface area contributed by atoms with Crippen LogP contribution in [0.2, 0.25) is 0 Å². The van der Waals surface area contributed by atoms with Crippen LogP contribution in [-0.4, -0.2) is 24.8 Å². The second kappa shape index (κ2) is 4.79. The molecule has 20 heavy (non-hydrogen) atoms. The monoisotopic (exact) mass is 275 g/mol. The Morgan fingerprint density at radius 1 is 0.900 bits per heavy atom. The van der Waals surface area contributed by atoms with Crippen LogP contribution in [0.3, 0.4) is 0 Å². The fourth-order valence-electron chi connectivity index (χ4n) is 3.84. The lowest BCUT2D eigenvalue weighted by atomic mass is 9.69. The molecule has 108 valence electrons. The van der Waals surface area contributed by atoms with Crippen LogP contribution in [-0.2, 0) is 20.2 Å². The lowest BCUT2D eigenvalue weighted by Gasteiger charge is -2.55. The fourth-order valence-corrected chi connectivity index (χ4v) is 3.84. The van der Waals surface area contributed by atoms with Crippen molar-refractivity contribution in [2.45, 2.75) is 38.1 Å². The molecule has 0 radical (unpaired) electrons. The minimum absolute atomic E-state index is 0.0786. The Hall–Kier alpha value is -0.970. The van der Waals surface area contributed by atoms with Crippen LogP contribution in [0.5, 0.6) is 0 Å². The van der Waals surface area contributed by atoms with E-state index in [0.29, 0.717) is 5.92 Å². The first kappa shape index (κ1) is 12.7. The van der Waals surface area contributed by atoms with Gasteiger partial charge in [-0.2, -0.15) is 0 Å². The molecule has 3 saturated heterocycles. The van der Waals surface area contributed by atoms with Gasteiger partial charge in [0.15, 0.2) is 0 Å². The van der Waals surface area contributed by atoms with Crippen molar-refractivity contribution in [1.82, 2.24) is 4.98 Å². The average molecular weight is 275 g/mol. The maximum atomic E-state index is 6.03. The van der Waals surface area contributed by atoms with Crippen molar-refractivity contribution >= 4 is 0 Å². The van der Waals surface area contributed by atoms with Crippen molar-refractivity contribution in [3.63, 3.8) is 0 Å². The number of aromatic nitrogens is 1. The summed E-state index contributed by atoms with van der Waals surface area (Å²) >= 11 is 0. The number of pyridine rings is 1. The second-order valence-electron chi connectivity index (χ2n) is 6.36. The summed E-state index contributed by atoms with van der Waals surface area (Å²) in [7, 11) is 0. The quantitative estimate of drug-likeness (QED) is 0.832. The Kier molecular flexibility index (Phi) is 3.05. The van der Waals surface area contributed by atoms with E-state index in [4.69, 9.17) is 14.2 Å². The molecule has 1 aromatic heterocycles. The van der Waals surface area contributed by atoms with Crippen molar-refractivity contribution in [3.8, 4) is 0 Å². The van der Waals surface area contributed by atoms with Crippen molar-refractivity contribution in [3.05, 3.63) is 30.1 Å². The zero-order valence-electron chi connectivity index (χ0n) is 11.7. The summed E-state index contributed by atoms with van der Waals surface area (Å²) in [6, 6.07) is 3.80. The highest BCUT2D eigenvalue weighted by molar-refractivity contribution is 5.16. The molecule has 4 fully saturated rings. The van der Waals surface area contributed by atoms with E-state index < -0.39 is 5.97 Å². The van der Waals surface area contributed by atoms with E-state index in [2.05, 4.69) is 4.98 Å². The van der Waals surface area contributed by atoms with E-state index in [9.17, 15) is 0 Å². The molecule has 5 rings (SSSR count). The molecule has 1 saturated carbocycles. The van der Waals surface area contributed by atoms with Gasteiger partial charge >= 0.3 is 5.97 Å². The molecule has 0 spiro atoms. The molecular formula is C16H21NO3. The molecule has 0 amide bonds. The van der Waals surface area contributed by atoms with Crippen molar-refractivity contribution in [1.29, 1.82) is 0 Å². The van der Waals surface area contributed by atoms with Gasteiger partial charge in [0.25, 0.3) is 0 Å². The largest absolute Gasteiger partial charge is 0.323 e. The average Bonchev–Trinajstić information content (AvgIpc) is 2.58. The second-order valence-corrected chi connectivity index (χ2v) is 6.36. The minimum atomic E-state index is -0.987. The normalized spacial score (nSPS) is 38.0. The Labute approximate surface area is 119 Å². The summed E-state index contributed by atoms with van der Waals surface area (Å²) in [5.41, 5.74) is 0.985. The molecule has 1 aromatic rings. The molecule has 0 unspecified atom stereocenters. The molecule has 0 aromatic carbocycles. The van der Waals surface area contributed by atoms with E-state index in [-0.39, 0.29) is 5.41 Å². The van der Waals surface area contributed by atoms with Crippen LogP contribution < -0.4 is 0 Å². The third-order valence-corrected chi connectivity index (χ3v) is 5.15. The van der Waals surface area contributed by atoms with E-state index in [1.165, 1.54) is 32.1 Å². The van der Waals surface area contributed by atoms with Gasteiger partial charge in [0.1, 0.15) is 0 Å².